The van der Waals surface area contributed by atoms with Crippen LogP contribution < -0.4 is 4.74 Å². The summed E-state index contributed by atoms with van der Waals surface area (Å²) in [5, 5.41) is 0. The Morgan fingerprint density at radius 1 is 1.40 bits per heavy atom. The third-order valence-electron chi connectivity index (χ3n) is 2.05. The molecule has 0 fully saturated rings. The maximum absolute atomic E-state index is 11.4. The fourth-order valence-corrected chi connectivity index (χ4v) is 3.54. The van der Waals surface area contributed by atoms with Crippen molar-refractivity contribution in [2.24, 2.45) is 0 Å². The Morgan fingerprint density at radius 3 is 2.33 bits per heavy atom. The Labute approximate surface area is 102 Å². The predicted octanol–water partition coefficient (Wildman–Crippen LogP) is 3.00. The Hall–Kier alpha value is -0.260. The average Bonchev–Trinajstić information content (AvgIpc) is 2.08. The Morgan fingerprint density at radius 2 is 1.93 bits per heavy atom. The fourth-order valence-electron chi connectivity index (χ4n) is 1.37. The number of methoxy groups -OCH3 is 1. The monoisotopic (exact) mass is 312 g/mol. The van der Waals surface area contributed by atoms with Crippen LogP contribution in [0.5, 0.6) is 5.75 Å². The van der Waals surface area contributed by atoms with Crippen LogP contribution in [0, 0.1) is 13.8 Å². The Bertz CT molecular complexity index is 497. The first-order valence-corrected chi connectivity index (χ1v) is 7.17. The molecule has 0 heterocycles. The van der Waals surface area contributed by atoms with Gasteiger partial charge in [-0.25, -0.2) is 8.42 Å². The molecule has 0 saturated heterocycles. The third-order valence-corrected chi connectivity index (χ3v) is 4.32. The van der Waals surface area contributed by atoms with E-state index < -0.39 is 9.05 Å². The molecule has 0 aliphatic rings. The molecule has 84 valence electrons. The molecule has 0 aromatic heterocycles. The van der Waals surface area contributed by atoms with Gasteiger partial charge < -0.3 is 4.74 Å². The summed E-state index contributed by atoms with van der Waals surface area (Å²) in [5.41, 5.74) is 1.27. The van der Waals surface area contributed by atoms with Gasteiger partial charge in [-0.2, -0.15) is 0 Å². The van der Waals surface area contributed by atoms with Crippen LogP contribution in [-0.4, -0.2) is 15.5 Å². The zero-order chi connectivity index (χ0) is 11.8. The Balaban J connectivity index is 3.74. The second-order valence-electron chi connectivity index (χ2n) is 3.10. The molecular weight excluding hydrogens is 304 g/mol. The van der Waals surface area contributed by atoms with Crippen molar-refractivity contribution in [1.82, 2.24) is 0 Å². The van der Waals surface area contributed by atoms with E-state index in [1.165, 1.54) is 7.11 Å². The van der Waals surface area contributed by atoms with Gasteiger partial charge in [0.05, 0.1) is 7.11 Å². The molecule has 0 spiro atoms. The SMILES string of the molecule is COc1c(C)cc(Br)c(C)c1S(=O)(=O)Cl. The molecule has 0 radical (unpaired) electrons. The summed E-state index contributed by atoms with van der Waals surface area (Å²) >= 11 is 3.27. The maximum Gasteiger partial charge on any atom is 0.265 e. The molecule has 0 saturated carbocycles. The smallest absolute Gasteiger partial charge is 0.265 e. The van der Waals surface area contributed by atoms with Gasteiger partial charge in [0.15, 0.2) is 0 Å². The second-order valence-corrected chi connectivity index (χ2v) is 6.46. The van der Waals surface area contributed by atoms with E-state index in [2.05, 4.69) is 15.9 Å². The summed E-state index contributed by atoms with van der Waals surface area (Å²) in [6, 6.07) is 1.79. The van der Waals surface area contributed by atoms with Crippen molar-refractivity contribution in [3.8, 4) is 5.75 Å². The molecule has 3 nitrogen and oxygen atoms in total. The molecule has 0 atom stereocenters. The van der Waals surface area contributed by atoms with Crippen LogP contribution in [0.4, 0.5) is 0 Å². The topological polar surface area (TPSA) is 43.4 Å². The van der Waals surface area contributed by atoms with Crippen molar-refractivity contribution >= 4 is 35.7 Å². The lowest BCUT2D eigenvalue weighted by atomic mass is 10.1. The van der Waals surface area contributed by atoms with Gasteiger partial charge in [-0.1, -0.05) is 15.9 Å². The van der Waals surface area contributed by atoms with Gasteiger partial charge in [-0.15, -0.1) is 0 Å². The molecule has 1 aromatic carbocycles. The minimum Gasteiger partial charge on any atom is -0.495 e. The van der Waals surface area contributed by atoms with E-state index in [1.807, 2.05) is 0 Å². The number of rotatable bonds is 2. The van der Waals surface area contributed by atoms with Gasteiger partial charge in [0.25, 0.3) is 9.05 Å². The maximum atomic E-state index is 11.4. The molecule has 0 aliphatic carbocycles. The summed E-state index contributed by atoms with van der Waals surface area (Å²) in [5.74, 6) is 0.297. The van der Waals surface area contributed by atoms with Crippen LogP contribution in [-0.2, 0) is 9.05 Å². The highest BCUT2D eigenvalue weighted by atomic mass is 79.9. The van der Waals surface area contributed by atoms with E-state index in [1.54, 1.807) is 19.9 Å². The summed E-state index contributed by atoms with van der Waals surface area (Å²) in [6.07, 6.45) is 0. The van der Waals surface area contributed by atoms with Crippen molar-refractivity contribution in [1.29, 1.82) is 0 Å². The first kappa shape index (κ1) is 12.8. The first-order valence-electron chi connectivity index (χ1n) is 4.07. The van der Waals surface area contributed by atoms with Crippen LogP contribution in [0.3, 0.4) is 0 Å². The first-order chi connectivity index (χ1) is 6.79. The number of benzene rings is 1. The highest BCUT2D eigenvalue weighted by Gasteiger charge is 2.23. The Kier molecular flexibility index (Phi) is 3.68. The van der Waals surface area contributed by atoms with Crippen molar-refractivity contribution in [3.63, 3.8) is 0 Å². The normalized spacial score (nSPS) is 11.5. The number of hydrogen-bond donors (Lipinski definition) is 0. The molecule has 0 aliphatic heterocycles. The van der Waals surface area contributed by atoms with Gasteiger partial charge in [0, 0.05) is 15.2 Å². The van der Waals surface area contributed by atoms with Gasteiger partial charge >= 0.3 is 0 Å². The number of halogens is 2. The molecule has 0 unspecified atom stereocenters. The van der Waals surface area contributed by atoms with Crippen molar-refractivity contribution in [2.45, 2.75) is 18.7 Å². The quantitative estimate of drug-likeness (QED) is 0.788. The number of aryl methyl sites for hydroxylation is 1. The minimum absolute atomic E-state index is 0.0264. The summed E-state index contributed by atoms with van der Waals surface area (Å²) in [4.78, 5) is 0.0264. The van der Waals surface area contributed by atoms with E-state index in [-0.39, 0.29) is 4.90 Å². The molecule has 0 bridgehead atoms. The van der Waals surface area contributed by atoms with Gasteiger partial charge in [-0.3, -0.25) is 0 Å². The third kappa shape index (κ3) is 2.46. The summed E-state index contributed by atoms with van der Waals surface area (Å²) in [6.45, 7) is 3.43. The lowest BCUT2D eigenvalue weighted by Gasteiger charge is -2.13. The highest BCUT2D eigenvalue weighted by Crippen LogP contribution is 2.37. The fraction of sp³-hybridized carbons (Fsp3) is 0.333. The van der Waals surface area contributed by atoms with Crippen LogP contribution in [0.1, 0.15) is 11.1 Å². The molecule has 15 heavy (non-hydrogen) atoms. The number of ether oxygens (including phenoxy) is 1. The van der Waals surface area contributed by atoms with Crippen molar-refractivity contribution in [3.05, 3.63) is 21.7 Å². The van der Waals surface area contributed by atoms with E-state index in [4.69, 9.17) is 15.4 Å². The van der Waals surface area contributed by atoms with Crippen LogP contribution >= 0.6 is 26.6 Å². The molecular formula is C9H10BrClO3S. The van der Waals surface area contributed by atoms with E-state index in [9.17, 15) is 8.42 Å². The van der Waals surface area contributed by atoms with E-state index >= 15 is 0 Å². The van der Waals surface area contributed by atoms with Crippen LogP contribution in [0.15, 0.2) is 15.4 Å². The number of hydrogen-bond acceptors (Lipinski definition) is 3. The van der Waals surface area contributed by atoms with Crippen molar-refractivity contribution in [2.75, 3.05) is 7.11 Å². The molecule has 0 N–H and O–H groups in total. The highest BCUT2D eigenvalue weighted by molar-refractivity contribution is 9.10. The van der Waals surface area contributed by atoms with Crippen LogP contribution in [0.2, 0.25) is 0 Å². The molecule has 6 heteroatoms. The van der Waals surface area contributed by atoms with Gasteiger partial charge in [0.1, 0.15) is 10.6 Å². The van der Waals surface area contributed by atoms with Crippen molar-refractivity contribution < 1.29 is 13.2 Å². The lowest BCUT2D eigenvalue weighted by Crippen LogP contribution is -2.02. The lowest BCUT2D eigenvalue weighted by molar-refractivity contribution is 0.399. The summed E-state index contributed by atoms with van der Waals surface area (Å²) in [7, 11) is 2.98. The zero-order valence-corrected chi connectivity index (χ0v) is 11.6. The van der Waals surface area contributed by atoms with Gasteiger partial charge in [0.2, 0.25) is 0 Å². The molecule has 1 aromatic rings. The minimum atomic E-state index is -3.80. The largest absolute Gasteiger partial charge is 0.495 e. The summed E-state index contributed by atoms with van der Waals surface area (Å²) < 4.78 is 28.6. The predicted molar refractivity (Wildman–Crippen MR) is 63.2 cm³/mol. The molecule has 1 rings (SSSR count). The van der Waals surface area contributed by atoms with E-state index in [0.717, 1.165) is 0 Å². The average molecular weight is 314 g/mol. The van der Waals surface area contributed by atoms with E-state index in [0.29, 0.717) is 21.3 Å². The second kappa shape index (κ2) is 4.31. The van der Waals surface area contributed by atoms with Crippen LogP contribution in [0.25, 0.3) is 0 Å². The molecule has 0 amide bonds. The standard InChI is InChI=1S/C9H10BrClO3S/c1-5-4-7(10)6(2)9(8(5)14-3)15(11,12)13/h4H,1-3H3. The zero-order valence-electron chi connectivity index (χ0n) is 8.47. The van der Waals surface area contributed by atoms with Gasteiger partial charge in [-0.05, 0) is 31.0 Å².